The van der Waals surface area contributed by atoms with Gasteiger partial charge in [0.1, 0.15) is 5.82 Å². The van der Waals surface area contributed by atoms with Gasteiger partial charge in [-0.05, 0) is 30.5 Å². The highest BCUT2D eigenvalue weighted by atomic mass is 19.1. The molecule has 0 saturated carbocycles. The Hall–Kier alpha value is -1.99. The van der Waals surface area contributed by atoms with Crippen molar-refractivity contribution in [2.75, 3.05) is 45.8 Å². The van der Waals surface area contributed by atoms with Crippen LogP contribution in [0.25, 0.3) is 0 Å². The Balaban J connectivity index is 1.81. The van der Waals surface area contributed by atoms with E-state index in [0.29, 0.717) is 19.6 Å². The Morgan fingerprint density at radius 2 is 1.52 bits per heavy atom. The van der Waals surface area contributed by atoms with Gasteiger partial charge in [-0.3, -0.25) is 19.4 Å². The Labute approximate surface area is 161 Å². The van der Waals surface area contributed by atoms with Crippen molar-refractivity contribution in [3.05, 3.63) is 35.6 Å². The molecule has 1 heterocycles. The number of rotatable bonds is 8. The minimum Gasteiger partial charge on any atom is -0.355 e. The molecule has 2 N–H and O–H groups in total. The largest absolute Gasteiger partial charge is 0.355 e. The topological polar surface area (TPSA) is 64.7 Å². The van der Waals surface area contributed by atoms with Gasteiger partial charge in [0, 0.05) is 32.7 Å². The fourth-order valence-electron chi connectivity index (χ4n) is 3.29. The average Bonchev–Trinajstić information content (AvgIpc) is 2.62. The Kier molecular flexibility index (Phi) is 8.19. The van der Waals surface area contributed by atoms with Gasteiger partial charge in [-0.2, -0.15) is 0 Å². The van der Waals surface area contributed by atoms with Crippen molar-refractivity contribution >= 4 is 11.8 Å². The fourth-order valence-corrected chi connectivity index (χ4v) is 3.29. The van der Waals surface area contributed by atoms with Crippen LogP contribution in [-0.4, -0.2) is 67.4 Å². The maximum atomic E-state index is 13.2. The highest BCUT2D eigenvalue weighted by Crippen LogP contribution is 2.21. The van der Waals surface area contributed by atoms with E-state index in [1.54, 1.807) is 12.1 Å². The van der Waals surface area contributed by atoms with Gasteiger partial charge in [-0.15, -0.1) is 0 Å². The zero-order valence-electron chi connectivity index (χ0n) is 16.5. The molecule has 27 heavy (non-hydrogen) atoms. The number of likely N-dealkylation sites (N-methyl/N-ethyl adjacent to an activating group) is 1. The third-order valence-electron chi connectivity index (χ3n) is 4.79. The van der Waals surface area contributed by atoms with Gasteiger partial charge in [0.25, 0.3) is 0 Å². The van der Waals surface area contributed by atoms with E-state index in [-0.39, 0.29) is 29.6 Å². The van der Waals surface area contributed by atoms with E-state index in [4.69, 9.17) is 0 Å². The maximum absolute atomic E-state index is 13.2. The summed E-state index contributed by atoms with van der Waals surface area (Å²) in [5.41, 5.74) is 0.909. The zero-order chi connectivity index (χ0) is 19.8. The molecule has 0 aliphatic carbocycles. The fraction of sp³-hybridized carbons (Fsp3) is 0.600. The lowest BCUT2D eigenvalue weighted by Crippen LogP contribution is -2.51. The van der Waals surface area contributed by atoms with Crippen molar-refractivity contribution in [2.45, 2.75) is 26.8 Å². The van der Waals surface area contributed by atoms with E-state index in [0.717, 1.165) is 31.7 Å². The monoisotopic (exact) mass is 378 g/mol. The second kappa shape index (κ2) is 10.4. The van der Waals surface area contributed by atoms with Crippen molar-refractivity contribution in [3.8, 4) is 0 Å². The van der Waals surface area contributed by atoms with Crippen molar-refractivity contribution in [1.82, 2.24) is 20.4 Å². The van der Waals surface area contributed by atoms with Crippen molar-refractivity contribution < 1.29 is 14.0 Å². The lowest BCUT2D eigenvalue weighted by atomic mass is 9.96. The van der Waals surface area contributed by atoms with E-state index in [9.17, 15) is 14.0 Å². The highest BCUT2D eigenvalue weighted by molar-refractivity contribution is 5.79. The molecule has 1 aliphatic rings. The van der Waals surface area contributed by atoms with Gasteiger partial charge in [-0.25, -0.2) is 4.39 Å². The van der Waals surface area contributed by atoms with Crippen LogP contribution in [0.1, 0.15) is 32.4 Å². The van der Waals surface area contributed by atoms with Crippen molar-refractivity contribution in [1.29, 1.82) is 0 Å². The van der Waals surface area contributed by atoms with E-state index >= 15 is 0 Å². The van der Waals surface area contributed by atoms with Crippen LogP contribution < -0.4 is 10.6 Å². The van der Waals surface area contributed by atoms with Gasteiger partial charge < -0.3 is 10.6 Å². The molecule has 0 aromatic heterocycles. The summed E-state index contributed by atoms with van der Waals surface area (Å²) in [7, 11) is 0. The third-order valence-corrected chi connectivity index (χ3v) is 4.79. The van der Waals surface area contributed by atoms with Crippen molar-refractivity contribution in [3.63, 3.8) is 0 Å². The molecule has 0 spiro atoms. The maximum Gasteiger partial charge on any atom is 0.234 e. The molecule has 1 atom stereocenters. The highest BCUT2D eigenvalue weighted by Gasteiger charge is 2.23. The number of amides is 2. The summed E-state index contributed by atoms with van der Waals surface area (Å²) in [4.78, 5) is 28.4. The van der Waals surface area contributed by atoms with E-state index < -0.39 is 0 Å². The predicted molar refractivity (Wildman–Crippen MR) is 104 cm³/mol. The number of nitrogens with one attached hydrogen (secondary N) is 2. The molecule has 2 amide bonds. The second-order valence-corrected chi connectivity index (χ2v) is 7.35. The molecular weight excluding hydrogens is 347 g/mol. The number of carbonyl (C=O) groups is 2. The van der Waals surface area contributed by atoms with Crippen LogP contribution in [0.5, 0.6) is 0 Å². The molecule has 150 valence electrons. The summed E-state index contributed by atoms with van der Waals surface area (Å²) in [6.07, 6.45) is 0. The van der Waals surface area contributed by atoms with Crippen molar-refractivity contribution in [2.24, 2.45) is 5.92 Å². The van der Waals surface area contributed by atoms with Crippen LogP contribution in [0.3, 0.4) is 0 Å². The first-order valence-corrected chi connectivity index (χ1v) is 9.65. The first-order valence-electron chi connectivity index (χ1n) is 9.65. The molecule has 1 unspecified atom stereocenters. The molecule has 1 aliphatic heterocycles. The Morgan fingerprint density at radius 3 is 2.00 bits per heavy atom. The molecule has 1 saturated heterocycles. The van der Waals surface area contributed by atoms with Crippen LogP contribution in [0.15, 0.2) is 24.3 Å². The molecule has 2 rings (SSSR count). The molecule has 1 aromatic rings. The van der Waals surface area contributed by atoms with E-state index in [1.807, 2.05) is 20.8 Å². The molecule has 7 heteroatoms. The molecule has 0 radical (unpaired) electrons. The summed E-state index contributed by atoms with van der Waals surface area (Å²) < 4.78 is 13.2. The van der Waals surface area contributed by atoms with E-state index in [2.05, 4.69) is 20.4 Å². The molecule has 1 aromatic carbocycles. The number of piperazine rings is 1. The SMILES string of the molecule is CCNC(=O)CN1CCN(CC(=O)NC(c2ccc(F)cc2)C(C)C)CC1. The minimum atomic E-state index is -0.280. The number of nitrogens with zero attached hydrogens (tertiary/aromatic N) is 2. The second-order valence-electron chi connectivity index (χ2n) is 7.35. The third kappa shape index (κ3) is 6.92. The number of benzene rings is 1. The summed E-state index contributed by atoms with van der Waals surface area (Å²) >= 11 is 0. The number of hydrogen-bond donors (Lipinski definition) is 2. The normalized spacial score (nSPS) is 16.9. The van der Waals surface area contributed by atoms with Gasteiger partial charge in [-0.1, -0.05) is 26.0 Å². The van der Waals surface area contributed by atoms with Gasteiger partial charge in [0.15, 0.2) is 0 Å². The van der Waals surface area contributed by atoms with E-state index in [1.165, 1.54) is 12.1 Å². The zero-order valence-corrected chi connectivity index (χ0v) is 16.5. The number of hydrogen-bond acceptors (Lipinski definition) is 4. The van der Waals surface area contributed by atoms with Crippen LogP contribution in [0, 0.1) is 11.7 Å². The lowest BCUT2D eigenvalue weighted by Gasteiger charge is -2.34. The summed E-state index contributed by atoms with van der Waals surface area (Å²) in [6.45, 7) is 10.4. The van der Waals surface area contributed by atoms with Crippen LogP contribution in [0.2, 0.25) is 0 Å². The van der Waals surface area contributed by atoms with Gasteiger partial charge >= 0.3 is 0 Å². The average molecular weight is 378 g/mol. The summed E-state index contributed by atoms with van der Waals surface area (Å²) in [5, 5.41) is 5.88. The molecule has 0 bridgehead atoms. The molecular formula is C20H31FN4O2. The predicted octanol–water partition coefficient (Wildman–Crippen LogP) is 1.39. The standard InChI is InChI=1S/C20H31FN4O2/c1-4-22-18(26)13-24-9-11-25(12-10-24)14-19(27)23-20(15(2)3)16-5-7-17(21)8-6-16/h5-8,15,20H,4,9-14H2,1-3H3,(H,22,26)(H,23,27). The Morgan fingerprint density at radius 1 is 1.00 bits per heavy atom. The first-order chi connectivity index (χ1) is 12.9. The summed E-state index contributed by atoms with van der Waals surface area (Å²) in [5.74, 6) is -0.0654. The number of halogens is 1. The van der Waals surface area contributed by atoms with Gasteiger partial charge in [0.2, 0.25) is 11.8 Å². The smallest absolute Gasteiger partial charge is 0.234 e. The number of carbonyl (C=O) groups excluding carboxylic acids is 2. The molecule has 1 fully saturated rings. The van der Waals surface area contributed by atoms with Crippen LogP contribution in [0.4, 0.5) is 4.39 Å². The minimum absolute atomic E-state index is 0.0322. The quantitative estimate of drug-likeness (QED) is 0.718. The summed E-state index contributed by atoms with van der Waals surface area (Å²) in [6, 6.07) is 6.15. The van der Waals surface area contributed by atoms with Gasteiger partial charge in [0.05, 0.1) is 19.1 Å². The van der Waals surface area contributed by atoms with Crippen LogP contribution >= 0.6 is 0 Å². The first kappa shape index (κ1) is 21.3. The lowest BCUT2D eigenvalue weighted by molar-refractivity contribution is -0.125. The van der Waals surface area contributed by atoms with Crippen LogP contribution in [-0.2, 0) is 9.59 Å². The Bertz CT molecular complexity index is 613. The molecule has 6 nitrogen and oxygen atoms in total.